The van der Waals surface area contributed by atoms with Crippen LogP contribution >= 0.6 is 11.6 Å². The van der Waals surface area contributed by atoms with Crippen molar-refractivity contribution in [1.82, 2.24) is 24.5 Å². The number of anilines is 1. The molecule has 218 valence electrons. The maximum absolute atomic E-state index is 14.0. The SMILES string of the molecule is CC1CC2(CCN1)OCCc1c2c(=O)n2nc(C3=CCOCC3)nc2n1CC(=O)Nc1ccc(C(F)(F)F)cc1Cl. The monoisotopic (exact) mass is 592 g/mol. The number of nitrogens with one attached hydrogen (secondary N) is 2. The summed E-state index contributed by atoms with van der Waals surface area (Å²) in [6.07, 6.45) is -0.611. The maximum Gasteiger partial charge on any atom is 0.416 e. The first-order valence-corrected chi connectivity index (χ1v) is 13.8. The third-order valence-electron chi connectivity index (χ3n) is 7.81. The second-order valence-corrected chi connectivity index (χ2v) is 11.0. The predicted molar refractivity (Wildman–Crippen MR) is 144 cm³/mol. The molecule has 3 aliphatic rings. The fourth-order valence-electron chi connectivity index (χ4n) is 5.94. The van der Waals surface area contributed by atoms with Gasteiger partial charge in [-0.05, 0) is 56.5 Å². The van der Waals surface area contributed by atoms with Crippen LogP contribution in [0, 0.1) is 0 Å². The van der Waals surface area contributed by atoms with Crippen LogP contribution in [0.3, 0.4) is 0 Å². The zero-order valence-corrected chi connectivity index (χ0v) is 22.9. The minimum atomic E-state index is -4.57. The van der Waals surface area contributed by atoms with Crippen LogP contribution in [0.5, 0.6) is 0 Å². The van der Waals surface area contributed by atoms with Crippen molar-refractivity contribution < 1.29 is 27.4 Å². The first-order chi connectivity index (χ1) is 19.6. The van der Waals surface area contributed by atoms with Crippen LogP contribution in [0.2, 0.25) is 5.02 Å². The molecule has 2 aromatic heterocycles. The number of ether oxygens (including phenoxy) is 2. The Balaban J connectivity index is 1.44. The van der Waals surface area contributed by atoms with E-state index in [1.165, 1.54) is 4.52 Å². The maximum atomic E-state index is 14.0. The number of hydrogen-bond acceptors (Lipinski definition) is 7. The van der Waals surface area contributed by atoms with Gasteiger partial charge >= 0.3 is 6.18 Å². The molecule has 3 aliphatic heterocycles. The average molecular weight is 593 g/mol. The van der Waals surface area contributed by atoms with E-state index in [2.05, 4.69) is 20.7 Å². The van der Waals surface area contributed by atoms with Crippen LogP contribution in [-0.2, 0) is 39.0 Å². The summed E-state index contributed by atoms with van der Waals surface area (Å²) < 4.78 is 53.9. The highest BCUT2D eigenvalue weighted by atomic mass is 35.5. The Morgan fingerprint density at radius 2 is 2.12 bits per heavy atom. The number of rotatable bonds is 4. The Morgan fingerprint density at radius 1 is 1.29 bits per heavy atom. The van der Waals surface area contributed by atoms with Gasteiger partial charge in [0.05, 0.1) is 41.7 Å². The van der Waals surface area contributed by atoms with Gasteiger partial charge in [-0.25, -0.2) is 0 Å². The summed E-state index contributed by atoms with van der Waals surface area (Å²) in [4.78, 5) is 32.0. The van der Waals surface area contributed by atoms with Crippen molar-refractivity contribution in [2.45, 2.75) is 57.0 Å². The van der Waals surface area contributed by atoms with Crippen molar-refractivity contribution in [3.8, 4) is 0 Å². The topological polar surface area (TPSA) is 112 Å². The van der Waals surface area contributed by atoms with E-state index >= 15 is 0 Å². The summed E-state index contributed by atoms with van der Waals surface area (Å²) in [5, 5.41) is 10.3. The number of carbonyl (C=O) groups excluding carboxylic acids is 1. The average Bonchev–Trinajstić information content (AvgIpc) is 3.38. The van der Waals surface area contributed by atoms with Gasteiger partial charge in [-0.1, -0.05) is 17.7 Å². The second-order valence-electron chi connectivity index (χ2n) is 10.6. The summed E-state index contributed by atoms with van der Waals surface area (Å²) in [6, 6.07) is 2.84. The first kappa shape index (κ1) is 27.9. The second kappa shape index (κ2) is 10.5. The minimum absolute atomic E-state index is 0.0390. The van der Waals surface area contributed by atoms with E-state index in [1.54, 1.807) is 4.57 Å². The zero-order chi connectivity index (χ0) is 28.9. The van der Waals surface area contributed by atoms with Gasteiger partial charge in [0.1, 0.15) is 12.1 Å². The summed E-state index contributed by atoms with van der Waals surface area (Å²) in [5.41, 5.74) is -0.126. The fraction of sp³-hybridized carbons (Fsp3) is 0.481. The number of alkyl halides is 3. The molecule has 1 amide bonds. The van der Waals surface area contributed by atoms with Gasteiger partial charge in [-0.2, -0.15) is 22.7 Å². The molecule has 1 fully saturated rings. The van der Waals surface area contributed by atoms with E-state index in [0.717, 1.165) is 23.8 Å². The molecule has 6 rings (SSSR count). The minimum Gasteiger partial charge on any atom is -0.377 e. The van der Waals surface area contributed by atoms with Gasteiger partial charge in [0.2, 0.25) is 11.7 Å². The van der Waals surface area contributed by atoms with Crippen molar-refractivity contribution >= 4 is 34.5 Å². The van der Waals surface area contributed by atoms with Crippen LogP contribution in [0.15, 0.2) is 29.1 Å². The Bertz CT molecular complexity index is 1620. The molecule has 0 saturated carbocycles. The lowest BCUT2D eigenvalue weighted by atomic mass is 9.79. The zero-order valence-electron chi connectivity index (χ0n) is 22.2. The van der Waals surface area contributed by atoms with Crippen LogP contribution in [0.1, 0.15) is 48.8 Å². The summed E-state index contributed by atoms with van der Waals surface area (Å²) >= 11 is 6.09. The highest BCUT2D eigenvalue weighted by Crippen LogP contribution is 2.40. The van der Waals surface area contributed by atoms with Crippen molar-refractivity contribution in [1.29, 1.82) is 0 Å². The first-order valence-electron chi connectivity index (χ1n) is 13.4. The van der Waals surface area contributed by atoms with E-state index in [4.69, 9.17) is 21.1 Å². The van der Waals surface area contributed by atoms with E-state index in [1.807, 2.05) is 13.0 Å². The largest absolute Gasteiger partial charge is 0.416 e. The van der Waals surface area contributed by atoms with Crippen molar-refractivity contribution in [2.75, 3.05) is 31.7 Å². The molecule has 5 heterocycles. The molecule has 0 bridgehead atoms. The Kier molecular flexibility index (Phi) is 7.17. The Hall–Kier alpha value is -3.26. The van der Waals surface area contributed by atoms with E-state index in [-0.39, 0.29) is 34.6 Å². The Morgan fingerprint density at radius 3 is 2.83 bits per heavy atom. The number of aromatic nitrogens is 4. The fourth-order valence-corrected chi connectivity index (χ4v) is 6.17. The molecule has 2 atom stereocenters. The molecular formula is C27H28ClF3N6O4. The molecule has 14 heteroatoms. The van der Waals surface area contributed by atoms with Gasteiger partial charge in [0.15, 0.2) is 5.82 Å². The lowest BCUT2D eigenvalue weighted by Crippen LogP contribution is -2.52. The number of piperidine rings is 1. The summed E-state index contributed by atoms with van der Waals surface area (Å²) in [6.45, 7) is 3.67. The molecule has 1 spiro atoms. The van der Waals surface area contributed by atoms with Crippen molar-refractivity contribution in [3.63, 3.8) is 0 Å². The third-order valence-corrected chi connectivity index (χ3v) is 8.12. The van der Waals surface area contributed by atoms with Crippen LogP contribution in [-0.4, -0.2) is 57.5 Å². The lowest BCUT2D eigenvalue weighted by molar-refractivity contribution is -0.137. The number of halogens is 4. The van der Waals surface area contributed by atoms with Gasteiger partial charge in [-0.15, -0.1) is 5.10 Å². The molecule has 10 nitrogen and oxygen atoms in total. The molecule has 41 heavy (non-hydrogen) atoms. The highest BCUT2D eigenvalue weighted by molar-refractivity contribution is 6.33. The molecule has 3 aromatic rings. The van der Waals surface area contributed by atoms with Gasteiger partial charge in [-0.3, -0.25) is 9.59 Å². The van der Waals surface area contributed by atoms with Crippen molar-refractivity contribution in [2.24, 2.45) is 0 Å². The predicted octanol–water partition coefficient (Wildman–Crippen LogP) is 3.55. The normalized spacial score (nSPS) is 23.0. The number of amides is 1. The number of carbonyl (C=O) groups is 1. The van der Waals surface area contributed by atoms with E-state index in [0.29, 0.717) is 69.1 Å². The smallest absolute Gasteiger partial charge is 0.377 e. The van der Waals surface area contributed by atoms with E-state index < -0.39 is 23.2 Å². The number of hydrogen-bond donors (Lipinski definition) is 2. The number of fused-ring (bicyclic) bond motifs is 3. The van der Waals surface area contributed by atoms with Gasteiger partial charge in [0, 0.05) is 18.2 Å². The molecular weight excluding hydrogens is 565 g/mol. The molecule has 2 unspecified atom stereocenters. The van der Waals surface area contributed by atoms with Gasteiger partial charge in [0.25, 0.3) is 5.56 Å². The highest BCUT2D eigenvalue weighted by Gasteiger charge is 2.45. The van der Waals surface area contributed by atoms with E-state index in [9.17, 15) is 22.8 Å². The molecule has 0 aliphatic carbocycles. The van der Waals surface area contributed by atoms with Gasteiger partial charge < -0.3 is 24.7 Å². The van der Waals surface area contributed by atoms with Crippen LogP contribution < -0.4 is 16.2 Å². The quantitative estimate of drug-likeness (QED) is 0.477. The lowest BCUT2D eigenvalue weighted by Gasteiger charge is -2.44. The number of benzene rings is 1. The third kappa shape index (κ3) is 5.16. The molecule has 2 N–H and O–H groups in total. The van der Waals surface area contributed by atoms with Crippen molar-refractivity contribution in [3.05, 3.63) is 62.3 Å². The standard InChI is InChI=1S/C27H28ClF3N6O4/c1-15-13-26(7-8-32-15)22-20(6-11-41-26)36(14-21(38)33-19-3-2-17(12-18(19)28)27(29,30)31)25-34-23(35-37(25)24(22)39)16-4-9-40-10-5-16/h2-4,12,15,32H,5-11,13-14H2,1H3,(H,33,38). The number of nitrogens with zero attached hydrogens (tertiary/aromatic N) is 4. The summed E-state index contributed by atoms with van der Waals surface area (Å²) in [7, 11) is 0. The van der Waals surface area contributed by atoms with Crippen LogP contribution in [0.25, 0.3) is 11.4 Å². The van der Waals surface area contributed by atoms with Crippen LogP contribution in [0.4, 0.5) is 18.9 Å². The Labute approximate surface area is 237 Å². The summed E-state index contributed by atoms with van der Waals surface area (Å²) in [5.74, 6) is 0.0265. The molecule has 1 aromatic carbocycles. The molecule has 0 radical (unpaired) electrons. The molecule has 1 saturated heterocycles.